The molecule has 0 spiro atoms. The van der Waals surface area contributed by atoms with Crippen LogP contribution in [0.4, 0.5) is 0 Å². The van der Waals surface area contributed by atoms with E-state index in [9.17, 15) is 8.42 Å². The molecule has 0 bridgehead atoms. The average Bonchev–Trinajstić information content (AvgIpc) is 2.72. The topological polar surface area (TPSA) is 34.1 Å². The summed E-state index contributed by atoms with van der Waals surface area (Å²) in [5.41, 5.74) is 0. The fourth-order valence-electron chi connectivity index (χ4n) is 2.34. The summed E-state index contributed by atoms with van der Waals surface area (Å²) < 4.78 is 22.8. The molecule has 0 aromatic heterocycles. The molecule has 1 aliphatic carbocycles. The number of hydrogen-bond donors (Lipinski definition) is 0. The first kappa shape index (κ1) is 13.3. The van der Waals surface area contributed by atoms with Gasteiger partial charge in [-0.1, -0.05) is 32.6 Å². The predicted octanol–water partition coefficient (Wildman–Crippen LogP) is 2.86. The van der Waals surface area contributed by atoms with Crippen LogP contribution < -0.4 is 0 Å². The summed E-state index contributed by atoms with van der Waals surface area (Å²) in [5.74, 6) is 2.28. The van der Waals surface area contributed by atoms with Crippen LogP contribution in [0.1, 0.15) is 39.0 Å². The number of sulfone groups is 1. The van der Waals surface area contributed by atoms with E-state index in [2.05, 4.69) is 0 Å². The largest absolute Gasteiger partial charge is 0.229 e. The lowest BCUT2D eigenvalue weighted by Gasteiger charge is -2.20. The maximum absolute atomic E-state index is 11.4. The number of alkyl halides is 1. The number of hydrogen-bond acceptors (Lipinski definition) is 2. The molecule has 90 valence electrons. The number of rotatable bonds is 6. The van der Waals surface area contributed by atoms with E-state index in [1.807, 2.05) is 0 Å². The van der Waals surface area contributed by atoms with E-state index >= 15 is 0 Å². The van der Waals surface area contributed by atoms with Gasteiger partial charge >= 0.3 is 0 Å². The van der Waals surface area contributed by atoms with E-state index in [-0.39, 0.29) is 5.75 Å². The van der Waals surface area contributed by atoms with E-state index in [0.717, 1.165) is 6.42 Å². The SMILES string of the molecule is CCS(=O)(=O)CCC(CCl)C1CCCC1. The lowest BCUT2D eigenvalue weighted by atomic mass is 9.90. The molecule has 0 N–H and O–H groups in total. The third-order valence-electron chi connectivity index (χ3n) is 3.50. The average molecular weight is 253 g/mol. The summed E-state index contributed by atoms with van der Waals surface area (Å²) in [6.07, 6.45) is 5.81. The Labute approximate surface area is 98.3 Å². The molecule has 0 radical (unpaired) electrons. The van der Waals surface area contributed by atoms with E-state index in [4.69, 9.17) is 11.6 Å². The Morgan fingerprint density at radius 2 is 1.93 bits per heavy atom. The van der Waals surface area contributed by atoms with Gasteiger partial charge in [-0.25, -0.2) is 8.42 Å². The molecule has 1 atom stereocenters. The minimum atomic E-state index is -2.81. The Morgan fingerprint density at radius 1 is 1.33 bits per heavy atom. The van der Waals surface area contributed by atoms with Crippen molar-refractivity contribution in [3.8, 4) is 0 Å². The van der Waals surface area contributed by atoms with E-state index in [1.54, 1.807) is 6.92 Å². The maximum atomic E-state index is 11.4. The van der Waals surface area contributed by atoms with Gasteiger partial charge in [0.05, 0.1) is 5.75 Å². The van der Waals surface area contributed by atoms with Crippen LogP contribution in [0.5, 0.6) is 0 Å². The van der Waals surface area contributed by atoms with Crippen molar-refractivity contribution in [1.29, 1.82) is 0 Å². The summed E-state index contributed by atoms with van der Waals surface area (Å²) >= 11 is 5.92. The molecule has 4 heteroatoms. The van der Waals surface area contributed by atoms with Crippen LogP contribution in [0.15, 0.2) is 0 Å². The standard InChI is InChI=1S/C11H21ClO2S/c1-2-15(13,14)8-7-11(9-12)10-5-3-4-6-10/h10-11H,2-9H2,1H3. The molecular formula is C11H21ClO2S. The molecule has 15 heavy (non-hydrogen) atoms. The molecule has 0 aromatic carbocycles. The van der Waals surface area contributed by atoms with Crippen LogP contribution in [-0.2, 0) is 9.84 Å². The molecule has 0 aromatic rings. The molecule has 0 amide bonds. The van der Waals surface area contributed by atoms with Gasteiger partial charge in [-0.2, -0.15) is 0 Å². The van der Waals surface area contributed by atoms with Gasteiger partial charge in [0.2, 0.25) is 0 Å². The normalized spacial score (nSPS) is 20.7. The van der Waals surface area contributed by atoms with E-state index in [0.29, 0.717) is 23.5 Å². The Kier molecular flexibility index (Phi) is 5.41. The molecule has 0 saturated heterocycles. The van der Waals surface area contributed by atoms with Crippen molar-refractivity contribution in [1.82, 2.24) is 0 Å². The molecule has 0 aliphatic heterocycles. The summed E-state index contributed by atoms with van der Waals surface area (Å²) in [6, 6.07) is 0. The highest BCUT2D eigenvalue weighted by molar-refractivity contribution is 7.91. The van der Waals surface area contributed by atoms with Crippen molar-refractivity contribution in [3.05, 3.63) is 0 Å². The summed E-state index contributed by atoms with van der Waals surface area (Å²) in [4.78, 5) is 0. The predicted molar refractivity (Wildman–Crippen MR) is 65.1 cm³/mol. The summed E-state index contributed by atoms with van der Waals surface area (Å²) in [6.45, 7) is 1.71. The third-order valence-corrected chi connectivity index (χ3v) is 5.64. The summed E-state index contributed by atoms with van der Waals surface area (Å²) in [7, 11) is -2.81. The van der Waals surface area contributed by atoms with Crippen molar-refractivity contribution in [2.75, 3.05) is 17.4 Å². The van der Waals surface area contributed by atoms with Crippen LogP contribution in [-0.4, -0.2) is 25.8 Å². The molecule has 1 saturated carbocycles. The Morgan fingerprint density at radius 3 is 2.40 bits per heavy atom. The first-order valence-electron chi connectivity index (χ1n) is 5.85. The highest BCUT2D eigenvalue weighted by atomic mass is 35.5. The van der Waals surface area contributed by atoms with Crippen LogP contribution >= 0.6 is 11.6 Å². The molecule has 0 heterocycles. The first-order valence-corrected chi connectivity index (χ1v) is 8.21. The zero-order chi connectivity index (χ0) is 11.3. The van der Waals surface area contributed by atoms with Gasteiger partial charge in [0.1, 0.15) is 9.84 Å². The second kappa shape index (κ2) is 6.09. The van der Waals surface area contributed by atoms with Crippen molar-refractivity contribution in [3.63, 3.8) is 0 Å². The van der Waals surface area contributed by atoms with Gasteiger partial charge in [-0.05, 0) is 18.3 Å². The third kappa shape index (κ3) is 4.31. The van der Waals surface area contributed by atoms with Crippen LogP contribution in [0.25, 0.3) is 0 Å². The van der Waals surface area contributed by atoms with Crippen LogP contribution in [0.2, 0.25) is 0 Å². The Hall–Kier alpha value is 0.240. The fraction of sp³-hybridized carbons (Fsp3) is 1.00. The first-order chi connectivity index (χ1) is 7.09. The minimum absolute atomic E-state index is 0.257. The van der Waals surface area contributed by atoms with Gasteiger partial charge in [0, 0.05) is 11.6 Å². The van der Waals surface area contributed by atoms with Crippen molar-refractivity contribution < 1.29 is 8.42 Å². The second-order valence-electron chi connectivity index (χ2n) is 4.48. The van der Waals surface area contributed by atoms with Gasteiger partial charge < -0.3 is 0 Å². The molecule has 2 nitrogen and oxygen atoms in total. The highest BCUT2D eigenvalue weighted by Gasteiger charge is 2.25. The fourth-order valence-corrected chi connectivity index (χ4v) is 3.70. The highest BCUT2D eigenvalue weighted by Crippen LogP contribution is 2.33. The quantitative estimate of drug-likeness (QED) is 0.682. The molecule has 1 aliphatic rings. The second-order valence-corrected chi connectivity index (χ2v) is 7.27. The molecule has 1 fully saturated rings. The van der Waals surface area contributed by atoms with Gasteiger partial charge in [0.15, 0.2) is 0 Å². The molecule has 1 rings (SSSR count). The van der Waals surface area contributed by atoms with Crippen LogP contribution in [0.3, 0.4) is 0 Å². The van der Waals surface area contributed by atoms with E-state index in [1.165, 1.54) is 25.7 Å². The Bertz CT molecular complexity index is 268. The molecular weight excluding hydrogens is 232 g/mol. The maximum Gasteiger partial charge on any atom is 0.150 e. The van der Waals surface area contributed by atoms with Gasteiger partial charge in [-0.15, -0.1) is 11.6 Å². The van der Waals surface area contributed by atoms with Crippen molar-refractivity contribution in [2.45, 2.75) is 39.0 Å². The number of halogens is 1. The smallest absolute Gasteiger partial charge is 0.150 e. The Balaban J connectivity index is 2.40. The summed E-state index contributed by atoms with van der Waals surface area (Å²) in [5, 5.41) is 0. The monoisotopic (exact) mass is 252 g/mol. The van der Waals surface area contributed by atoms with E-state index < -0.39 is 9.84 Å². The lowest BCUT2D eigenvalue weighted by Crippen LogP contribution is -2.19. The minimum Gasteiger partial charge on any atom is -0.229 e. The zero-order valence-electron chi connectivity index (χ0n) is 9.41. The van der Waals surface area contributed by atoms with Gasteiger partial charge in [0.25, 0.3) is 0 Å². The zero-order valence-corrected chi connectivity index (χ0v) is 11.0. The molecule has 1 unspecified atom stereocenters. The lowest BCUT2D eigenvalue weighted by molar-refractivity contribution is 0.361. The van der Waals surface area contributed by atoms with Crippen molar-refractivity contribution in [2.24, 2.45) is 11.8 Å². The van der Waals surface area contributed by atoms with Crippen molar-refractivity contribution >= 4 is 21.4 Å². The van der Waals surface area contributed by atoms with Gasteiger partial charge in [-0.3, -0.25) is 0 Å². The van der Waals surface area contributed by atoms with Crippen LogP contribution in [0, 0.1) is 11.8 Å².